The van der Waals surface area contributed by atoms with E-state index in [1.54, 1.807) is 0 Å². The molecule has 2 aliphatic rings. The summed E-state index contributed by atoms with van der Waals surface area (Å²) in [5.41, 5.74) is 2.09. The van der Waals surface area contributed by atoms with Crippen LogP contribution in [0.1, 0.15) is 45.8 Å². The Kier molecular flexibility index (Phi) is 7.29. The summed E-state index contributed by atoms with van der Waals surface area (Å²) in [7, 11) is -3.86. The molecular weight excluding hydrogens is 509 g/mol. The lowest BCUT2D eigenvalue weighted by molar-refractivity contribution is -0.244. The van der Waals surface area contributed by atoms with Gasteiger partial charge in [0.2, 0.25) is 0 Å². The first kappa shape index (κ1) is 26.3. The minimum atomic E-state index is -4.96. The van der Waals surface area contributed by atoms with Gasteiger partial charge in [0.15, 0.2) is 9.84 Å². The average molecular weight is 534 g/mol. The maximum atomic E-state index is 14.0. The summed E-state index contributed by atoms with van der Waals surface area (Å²) in [6.45, 7) is 1.51. The fraction of sp³-hybridized carbons (Fsp3) is 0.458. The lowest BCUT2D eigenvalue weighted by Crippen LogP contribution is -2.41. The van der Waals surface area contributed by atoms with Crippen LogP contribution in [0.4, 0.5) is 22.0 Å². The highest BCUT2D eigenvalue weighted by Crippen LogP contribution is 2.36. The molecule has 36 heavy (non-hydrogen) atoms. The van der Waals surface area contributed by atoms with Crippen molar-refractivity contribution in [3.63, 3.8) is 0 Å². The summed E-state index contributed by atoms with van der Waals surface area (Å²) in [5.74, 6) is -1.56. The Morgan fingerprint density at radius 1 is 1.11 bits per heavy atom. The van der Waals surface area contributed by atoms with Gasteiger partial charge in [-0.25, -0.2) is 21.6 Å². The fourth-order valence-electron chi connectivity index (χ4n) is 4.33. The number of alkyl halides is 5. The van der Waals surface area contributed by atoms with Crippen LogP contribution >= 0.6 is 0 Å². The van der Waals surface area contributed by atoms with E-state index in [0.29, 0.717) is 13.2 Å². The van der Waals surface area contributed by atoms with Crippen molar-refractivity contribution in [2.24, 2.45) is 0 Å². The Bertz CT molecular complexity index is 1250. The second-order valence-corrected chi connectivity index (χ2v) is 10.9. The number of nitrogens with zero attached hydrogens (tertiary/aromatic N) is 1. The van der Waals surface area contributed by atoms with Gasteiger partial charge in [-0.3, -0.25) is 4.79 Å². The van der Waals surface area contributed by atoms with Gasteiger partial charge >= 0.3 is 6.11 Å². The Labute approximate surface area is 204 Å². The number of sulfone groups is 1. The molecule has 0 spiro atoms. The quantitative estimate of drug-likeness (QED) is 0.482. The van der Waals surface area contributed by atoms with E-state index in [1.165, 1.54) is 4.90 Å². The molecule has 0 aliphatic carbocycles. The molecule has 2 unspecified atom stereocenters. The number of benzene rings is 2. The van der Waals surface area contributed by atoms with E-state index in [2.05, 4.69) is 4.74 Å². The number of fused-ring (bicyclic) bond motifs is 1. The SMILES string of the molecule is CS(=O)(=O)c1ccc(OC(F)(F)C(F)C(F)F)c(C(=O)N2Cc3ccc(C4CCCOC4)cc3C2)c1. The van der Waals surface area contributed by atoms with Crippen molar-refractivity contribution >= 4 is 15.7 Å². The molecule has 2 heterocycles. The molecule has 2 aromatic rings. The molecule has 1 amide bonds. The lowest BCUT2D eigenvalue weighted by atomic mass is 9.91. The zero-order chi connectivity index (χ0) is 26.3. The number of amides is 1. The van der Waals surface area contributed by atoms with Crippen LogP contribution in [0, 0.1) is 0 Å². The molecule has 1 fully saturated rings. The van der Waals surface area contributed by atoms with Crippen molar-refractivity contribution in [3.8, 4) is 5.75 Å². The largest absolute Gasteiger partial charge is 0.435 e. The molecule has 0 saturated carbocycles. The molecular formula is C24H24F5NO5S. The molecule has 2 aromatic carbocycles. The number of carbonyl (C=O) groups excluding carboxylic acids is 1. The first-order valence-corrected chi connectivity index (χ1v) is 13.1. The number of hydrogen-bond acceptors (Lipinski definition) is 5. The van der Waals surface area contributed by atoms with Gasteiger partial charge in [0, 0.05) is 31.9 Å². The number of rotatable bonds is 7. The van der Waals surface area contributed by atoms with Crippen LogP contribution in [0.15, 0.2) is 41.3 Å². The Morgan fingerprint density at radius 2 is 1.83 bits per heavy atom. The van der Waals surface area contributed by atoms with Crippen molar-refractivity contribution in [3.05, 3.63) is 58.7 Å². The number of halogens is 5. The van der Waals surface area contributed by atoms with Crippen molar-refractivity contribution in [1.82, 2.24) is 4.90 Å². The van der Waals surface area contributed by atoms with Crippen LogP contribution in [0.25, 0.3) is 0 Å². The van der Waals surface area contributed by atoms with Crippen molar-refractivity contribution in [2.45, 2.75) is 55.5 Å². The first-order chi connectivity index (χ1) is 16.9. The molecule has 2 atom stereocenters. The number of hydrogen-bond donors (Lipinski definition) is 0. The van der Waals surface area contributed by atoms with Crippen molar-refractivity contribution in [2.75, 3.05) is 19.5 Å². The highest BCUT2D eigenvalue weighted by molar-refractivity contribution is 7.90. The third-order valence-electron chi connectivity index (χ3n) is 6.27. The first-order valence-electron chi connectivity index (χ1n) is 11.2. The van der Waals surface area contributed by atoms with Crippen LogP contribution in [-0.4, -0.2) is 57.4 Å². The average Bonchev–Trinajstić information content (AvgIpc) is 3.26. The van der Waals surface area contributed by atoms with Gasteiger partial charge in [-0.15, -0.1) is 0 Å². The molecule has 0 radical (unpaired) electrons. The van der Waals surface area contributed by atoms with Gasteiger partial charge in [0.1, 0.15) is 5.75 Å². The molecule has 0 bridgehead atoms. The molecule has 4 rings (SSSR count). The van der Waals surface area contributed by atoms with Crippen LogP contribution in [0.2, 0.25) is 0 Å². The Morgan fingerprint density at radius 3 is 2.47 bits per heavy atom. The molecule has 0 N–H and O–H groups in total. The normalized spacial score (nSPS) is 19.3. The van der Waals surface area contributed by atoms with E-state index in [4.69, 9.17) is 4.74 Å². The molecule has 1 saturated heterocycles. The maximum Gasteiger partial charge on any atom is 0.435 e. The van der Waals surface area contributed by atoms with E-state index in [9.17, 15) is 35.2 Å². The summed E-state index contributed by atoms with van der Waals surface area (Å²) < 4.78 is 100. The van der Waals surface area contributed by atoms with Gasteiger partial charge in [0.05, 0.1) is 17.1 Å². The summed E-state index contributed by atoms with van der Waals surface area (Å²) in [6, 6.07) is 8.20. The standard InChI is InChI=1S/C24H24F5NO5S/c1-36(32,33)18-6-7-20(35-24(28,29)21(25)22(26)27)19(10-18)23(31)30-11-15-5-4-14(9-17(15)12-30)16-3-2-8-34-13-16/h4-7,9-10,16,21-22H,2-3,8,11-13H2,1H3. The van der Waals surface area contributed by atoms with Crippen LogP contribution in [0.3, 0.4) is 0 Å². The Hall–Kier alpha value is -2.73. The summed E-state index contributed by atoms with van der Waals surface area (Å²) in [5, 5.41) is 0. The zero-order valence-corrected chi connectivity index (χ0v) is 20.0. The minimum absolute atomic E-state index is 0.108. The van der Waals surface area contributed by atoms with E-state index in [-0.39, 0.29) is 23.9 Å². The highest BCUT2D eigenvalue weighted by atomic mass is 32.2. The second kappa shape index (κ2) is 9.97. The molecule has 196 valence electrons. The molecule has 6 nitrogen and oxygen atoms in total. The smallest absolute Gasteiger partial charge is 0.429 e. The summed E-state index contributed by atoms with van der Waals surface area (Å²) in [6.07, 6.45) is -10.2. The van der Waals surface area contributed by atoms with E-state index < -0.39 is 45.8 Å². The van der Waals surface area contributed by atoms with Gasteiger partial charge in [-0.05, 0) is 47.7 Å². The fourth-order valence-corrected chi connectivity index (χ4v) is 4.98. The van der Waals surface area contributed by atoms with Crippen LogP contribution in [-0.2, 0) is 27.7 Å². The van der Waals surface area contributed by atoms with Crippen LogP contribution in [0.5, 0.6) is 5.75 Å². The molecule has 12 heteroatoms. The lowest BCUT2D eigenvalue weighted by Gasteiger charge is -2.24. The summed E-state index contributed by atoms with van der Waals surface area (Å²) >= 11 is 0. The van der Waals surface area contributed by atoms with Crippen molar-refractivity contribution < 1.29 is 44.6 Å². The maximum absolute atomic E-state index is 14.0. The van der Waals surface area contributed by atoms with Gasteiger partial charge < -0.3 is 14.4 Å². The van der Waals surface area contributed by atoms with E-state index in [0.717, 1.165) is 54.0 Å². The van der Waals surface area contributed by atoms with E-state index in [1.807, 2.05) is 18.2 Å². The van der Waals surface area contributed by atoms with Crippen molar-refractivity contribution in [1.29, 1.82) is 0 Å². The predicted octanol–water partition coefficient (Wildman–Crippen LogP) is 4.71. The summed E-state index contributed by atoms with van der Waals surface area (Å²) in [4.78, 5) is 14.3. The minimum Gasteiger partial charge on any atom is -0.429 e. The monoisotopic (exact) mass is 533 g/mol. The third-order valence-corrected chi connectivity index (χ3v) is 7.38. The topological polar surface area (TPSA) is 72.9 Å². The van der Waals surface area contributed by atoms with Gasteiger partial charge in [-0.1, -0.05) is 18.2 Å². The molecule has 2 aliphatic heterocycles. The number of carbonyl (C=O) groups is 1. The zero-order valence-electron chi connectivity index (χ0n) is 19.2. The Balaban J connectivity index is 1.63. The predicted molar refractivity (Wildman–Crippen MR) is 119 cm³/mol. The van der Waals surface area contributed by atoms with E-state index >= 15 is 0 Å². The van der Waals surface area contributed by atoms with Crippen LogP contribution < -0.4 is 4.74 Å². The molecule has 0 aromatic heterocycles. The van der Waals surface area contributed by atoms with Gasteiger partial charge in [0.25, 0.3) is 18.5 Å². The van der Waals surface area contributed by atoms with Gasteiger partial charge in [-0.2, -0.15) is 8.78 Å². The number of ether oxygens (including phenoxy) is 2. The highest BCUT2D eigenvalue weighted by Gasteiger charge is 2.49. The second-order valence-electron chi connectivity index (χ2n) is 8.93. The third kappa shape index (κ3) is 5.49.